The highest BCUT2D eigenvalue weighted by atomic mass is 16.5. The first-order chi connectivity index (χ1) is 10.3. The monoisotopic (exact) mass is 297 g/mol. The van der Waals surface area contributed by atoms with Crippen LogP contribution in [-0.4, -0.2) is 37.7 Å². The molecule has 0 aromatic carbocycles. The lowest BCUT2D eigenvalue weighted by Gasteiger charge is -2.29. The van der Waals surface area contributed by atoms with Crippen LogP contribution in [0.15, 0.2) is 0 Å². The summed E-state index contributed by atoms with van der Waals surface area (Å²) in [6.07, 6.45) is 15.9. The smallest absolute Gasteiger partial charge is 0.0594 e. The summed E-state index contributed by atoms with van der Waals surface area (Å²) < 4.78 is 5.41. The molecule has 0 bridgehead atoms. The zero-order chi connectivity index (χ0) is 15.2. The second-order valence-electron chi connectivity index (χ2n) is 6.99. The topological polar surface area (TPSA) is 12.5 Å². The molecule has 0 spiro atoms. The first-order valence-corrected chi connectivity index (χ1v) is 9.63. The molecule has 1 aliphatic rings. The van der Waals surface area contributed by atoms with Crippen LogP contribution in [-0.2, 0) is 4.74 Å². The molecule has 0 aromatic rings. The maximum atomic E-state index is 5.41. The van der Waals surface area contributed by atoms with Gasteiger partial charge in [0.05, 0.1) is 13.2 Å². The lowest BCUT2D eigenvalue weighted by Crippen LogP contribution is -2.38. The van der Waals surface area contributed by atoms with Gasteiger partial charge < -0.3 is 4.74 Å². The minimum absolute atomic E-state index is 0.858. The molecule has 1 rings (SSSR count). The number of unbranched alkanes of at least 4 members (excludes halogenated alkanes) is 9. The van der Waals surface area contributed by atoms with Crippen molar-refractivity contribution in [3.8, 4) is 0 Å². The van der Waals surface area contributed by atoms with Gasteiger partial charge in [0, 0.05) is 19.6 Å². The van der Waals surface area contributed by atoms with Crippen molar-refractivity contribution in [1.29, 1.82) is 0 Å². The molecule has 1 heterocycles. The molecule has 0 aliphatic carbocycles. The van der Waals surface area contributed by atoms with Crippen LogP contribution in [0.3, 0.4) is 0 Å². The highest BCUT2D eigenvalue weighted by Crippen LogP contribution is 2.15. The van der Waals surface area contributed by atoms with Gasteiger partial charge in [0.1, 0.15) is 0 Å². The van der Waals surface area contributed by atoms with Crippen molar-refractivity contribution in [2.75, 3.05) is 32.8 Å². The molecule has 126 valence electrons. The van der Waals surface area contributed by atoms with E-state index < -0.39 is 0 Å². The maximum Gasteiger partial charge on any atom is 0.0594 e. The standard InChI is InChI=1S/C19H39NO/c1-3-4-5-6-7-8-9-10-11-12-13-19(2)18-20-14-16-21-17-15-20/h19H,3-18H2,1-2H3. The van der Waals surface area contributed by atoms with E-state index in [4.69, 9.17) is 4.74 Å². The second-order valence-corrected chi connectivity index (χ2v) is 6.99. The molecule has 1 fully saturated rings. The molecule has 0 saturated carbocycles. The van der Waals surface area contributed by atoms with Crippen LogP contribution in [0.1, 0.15) is 84.5 Å². The lowest BCUT2D eigenvalue weighted by atomic mass is 10.0. The van der Waals surface area contributed by atoms with E-state index in [1.807, 2.05) is 0 Å². The fourth-order valence-corrected chi connectivity index (χ4v) is 3.30. The van der Waals surface area contributed by atoms with Gasteiger partial charge in [-0.25, -0.2) is 0 Å². The van der Waals surface area contributed by atoms with Gasteiger partial charge in [-0.3, -0.25) is 4.90 Å². The van der Waals surface area contributed by atoms with Gasteiger partial charge in [-0.2, -0.15) is 0 Å². The van der Waals surface area contributed by atoms with Crippen molar-refractivity contribution in [2.24, 2.45) is 5.92 Å². The van der Waals surface area contributed by atoms with Gasteiger partial charge in [0.15, 0.2) is 0 Å². The zero-order valence-electron chi connectivity index (χ0n) is 14.7. The number of ether oxygens (including phenoxy) is 1. The fourth-order valence-electron chi connectivity index (χ4n) is 3.30. The highest BCUT2D eigenvalue weighted by Gasteiger charge is 2.13. The van der Waals surface area contributed by atoms with E-state index in [0.29, 0.717) is 0 Å². The third kappa shape index (κ3) is 11.2. The average Bonchev–Trinajstić information content (AvgIpc) is 2.50. The summed E-state index contributed by atoms with van der Waals surface area (Å²) in [5, 5.41) is 0. The Kier molecular flexibility index (Phi) is 12.3. The second kappa shape index (κ2) is 13.6. The first-order valence-electron chi connectivity index (χ1n) is 9.63. The number of rotatable bonds is 13. The minimum atomic E-state index is 0.858. The van der Waals surface area contributed by atoms with Crippen LogP contribution in [0.25, 0.3) is 0 Å². The summed E-state index contributed by atoms with van der Waals surface area (Å²) in [7, 11) is 0. The van der Waals surface area contributed by atoms with Crippen LogP contribution in [0.5, 0.6) is 0 Å². The highest BCUT2D eigenvalue weighted by molar-refractivity contribution is 4.66. The number of hydrogen-bond acceptors (Lipinski definition) is 2. The van der Waals surface area contributed by atoms with Crippen molar-refractivity contribution in [1.82, 2.24) is 4.90 Å². The Morgan fingerprint density at radius 2 is 1.33 bits per heavy atom. The Morgan fingerprint density at radius 3 is 1.90 bits per heavy atom. The van der Waals surface area contributed by atoms with E-state index >= 15 is 0 Å². The predicted molar refractivity (Wildman–Crippen MR) is 92.9 cm³/mol. The average molecular weight is 298 g/mol. The Labute approximate surface area is 133 Å². The van der Waals surface area contributed by atoms with E-state index in [0.717, 1.165) is 32.2 Å². The molecular formula is C19H39NO. The van der Waals surface area contributed by atoms with Crippen LogP contribution >= 0.6 is 0 Å². The van der Waals surface area contributed by atoms with E-state index in [9.17, 15) is 0 Å². The number of nitrogens with zero attached hydrogens (tertiary/aromatic N) is 1. The molecule has 0 aromatic heterocycles. The van der Waals surface area contributed by atoms with E-state index in [1.165, 1.54) is 77.2 Å². The maximum absolute atomic E-state index is 5.41. The van der Waals surface area contributed by atoms with Gasteiger partial charge in [-0.1, -0.05) is 78.1 Å². The molecule has 2 heteroatoms. The largest absolute Gasteiger partial charge is 0.379 e. The number of morpholine rings is 1. The molecule has 2 nitrogen and oxygen atoms in total. The van der Waals surface area contributed by atoms with Gasteiger partial charge in [-0.05, 0) is 12.3 Å². The molecule has 21 heavy (non-hydrogen) atoms. The third-order valence-corrected chi connectivity index (χ3v) is 4.72. The summed E-state index contributed by atoms with van der Waals surface area (Å²) >= 11 is 0. The lowest BCUT2D eigenvalue weighted by molar-refractivity contribution is 0.0311. The summed E-state index contributed by atoms with van der Waals surface area (Å²) in [5.74, 6) is 0.858. The van der Waals surface area contributed by atoms with Crippen molar-refractivity contribution in [3.63, 3.8) is 0 Å². The van der Waals surface area contributed by atoms with Gasteiger partial charge in [0.2, 0.25) is 0 Å². The first kappa shape index (κ1) is 19.0. The molecule has 0 N–H and O–H groups in total. The van der Waals surface area contributed by atoms with Crippen molar-refractivity contribution in [3.05, 3.63) is 0 Å². The van der Waals surface area contributed by atoms with Gasteiger partial charge in [0.25, 0.3) is 0 Å². The molecule has 0 amide bonds. The van der Waals surface area contributed by atoms with Crippen molar-refractivity contribution < 1.29 is 4.74 Å². The van der Waals surface area contributed by atoms with Gasteiger partial charge >= 0.3 is 0 Å². The number of hydrogen-bond donors (Lipinski definition) is 0. The molecule has 1 aliphatic heterocycles. The quantitative estimate of drug-likeness (QED) is 0.430. The SMILES string of the molecule is CCCCCCCCCCCCC(C)CN1CCOCC1. The van der Waals surface area contributed by atoms with Crippen molar-refractivity contribution >= 4 is 0 Å². The summed E-state index contributed by atoms with van der Waals surface area (Å²) in [6, 6.07) is 0. The van der Waals surface area contributed by atoms with E-state index in [2.05, 4.69) is 18.7 Å². The van der Waals surface area contributed by atoms with Crippen LogP contribution in [0.2, 0.25) is 0 Å². The van der Waals surface area contributed by atoms with Crippen molar-refractivity contribution in [2.45, 2.75) is 84.5 Å². The Morgan fingerprint density at radius 1 is 0.810 bits per heavy atom. The summed E-state index contributed by atoms with van der Waals surface area (Å²) in [5.41, 5.74) is 0. The molecule has 0 radical (unpaired) electrons. The van der Waals surface area contributed by atoms with Crippen LogP contribution in [0, 0.1) is 5.92 Å². The Balaban J connectivity index is 1.80. The summed E-state index contributed by atoms with van der Waals surface area (Å²) in [6.45, 7) is 10.1. The van der Waals surface area contributed by atoms with Crippen LogP contribution in [0.4, 0.5) is 0 Å². The Hall–Kier alpha value is -0.0800. The molecule has 1 unspecified atom stereocenters. The van der Waals surface area contributed by atoms with E-state index in [1.54, 1.807) is 0 Å². The normalized spacial score (nSPS) is 18.0. The zero-order valence-corrected chi connectivity index (χ0v) is 14.7. The summed E-state index contributed by atoms with van der Waals surface area (Å²) in [4.78, 5) is 2.57. The third-order valence-electron chi connectivity index (χ3n) is 4.72. The Bertz CT molecular complexity index is 214. The van der Waals surface area contributed by atoms with Gasteiger partial charge in [-0.15, -0.1) is 0 Å². The molecule has 1 saturated heterocycles. The van der Waals surface area contributed by atoms with Crippen LogP contribution < -0.4 is 0 Å². The predicted octanol–water partition coefficient (Wildman–Crippen LogP) is 5.27. The molecule has 1 atom stereocenters. The molecular weight excluding hydrogens is 258 g/mol. The minimum Gasteiger partial charge on any atom is -0.379 e. The fraction of sp³-hybridized carbons (Fsp3) is 1.00. The van der Waals surface area contributed by atoms with E-state index in [-0.39, 0.29) is 0 Å².